The van der Waals surface area contributed by atoms with Crippen molar-refractivity contribution >= 4 is 11.6 Å². The molecule has 3 N–H and O–H groups in total. The Hall–Kier alpha value is -2.43. The van der Waals surface area contributed by atoms with Crippen molar-refractivity contribution in [3.63, 3.8) is 0 Å². The first-order chi connectivity index (χ1) is 10.0. The van der Waals surface area contributed by atoms with E-state index in [1.807, 2.05) is 42.7 Å². The lowest BCUT2D eigenvalue weighted by molar-refractivity contribution is 0.0930. The number of methoxy groups -OCH3 is 1. The Kier molecular flexibility index (Phi) is 4.52. The minimum absolute atomic E-state index is 0.0927. The Labute approximate surface area is 124 Å². The predicted octanol–water partition coefficient (Wildman–Crippen LogP) is 2.59. The average Bonchev–Trinajstić information content (AvgIpc) is 2.88. The molecular formula is C16H21N3O2. The van der Waals surface area contributed by atoms with E-state index in [4.69, 9.17) is 10.5 Å². The topological polar surface area (TPSA) is 69.3 Å². The minimum Gasteiger partial charge on any atom is -0.497 e. The first-order valence-electron chi connectivity index (χ1n) is 6.95. The molecule has 1 amide bonds. The number of aryl methyl sites for hydroxylation is 1. The molecule has 112 valence electrons. The number of carbonyl (C=O) groups is 1. The third-order valence-corrected chi connectivity index (χ3v) is 3.45. The lowest BCUT2D eigenvalue weighted by Gasteiger charge is -2.15. The van der Waals surface area contributed by atoms with Gasteiger partial charge in [-0.3, -0.25) is 4.79 Å². The fourth-order valence-corrected chi connectivity index (χ4v) is 2.23. The summed E-state index contributed by atoms with van der Waals surface area (Å²) < 4.78 is 6.97. The lowest BCUT2D eigenvalue weighted by atomic mass is 10.1. The van der Waals surface area contributed by atoms with E-state index in [0.717, 1.165) is 11.3 Å². The molecule has 1 aromatic heterocycles. The standard InChI is InChI=1S/C16H21N3O2/c1-4-19-10-13(17)9-15(19)16(20)18-11(2)12-5-7-14(21-3)8-6-12/h5-11H,4,17H2,1-3H3,(H,18,20). The van der Waals surface area contributed by atoms with Crippen molar-refractivity contribution in [2.24, 2.45) is 0 Å². The molecule has 0 bridgehead atoms. The maximum absolute atomic E-state index is 12.3. The maximum Gasteiger partial charge on any atom is 0.268 e. The minimum atomic E-state index is -0.128. The summed E-state index contributed by atoms with van der Waals surface area (Å²) in [7, 11) is 1.63. The summed E-state index contributed by atoms with van der Waals surface area (Å²) in [5.74, 6) is 0.668. The van der Waals surface area contributed by atoms with Crippen LogP contribution in [0.1, 0.15) is 35.9 Å². The highest BCUT2D eigenvalue weighted by Crippen LogP contribution is 2.18. The van der Waals surface area contributed by atoms with Gasteiger partial charge in [-0.25, -0.2) is 0 Å². The Morgan fingerprint density at radius 3 is 2.62 bits per heavy atom. The van der Waals surface area contributed by atoms with E-state index in [0.29, 0.717) is 17.9 Å². The zero-order valence-electron chi connectivity index (χ0n) is 12.6. The van der Waals surface area contributed by atoms with Gasteiger partial charge in [-0.2, -0.15) is 0 Å². The van der Waals surface area contributed by atoms with E-state index in [-0.39, 0.29) is 11.9 Å². The monoisotopic (exact) mass is 287 g/mol. The summed E-state index contributed by atoms with van der Waals surface area (Å²) in [5, 5.41) is 2.98. The molecule has 0 aliphatic heterocycles. The normalized spacial score (nSPS) is 12.0. The Morgan fingerprint density at radius 2 is 2.05 bits per heavy atom. The van der Waals surface area contributed by atoms with Crippen molar-refractivity contribution in [3.05, 3.63) is 47.8 Å². The Balaban J connectivity index is 2.10. The molecule has 21 heavy (non-hydrogen) atoms. The molecule has 0 radical (unpaired) electrons. The molecule has 0 aliphatic rings. The number of anilines is 1. The summed E-state index contributed by atoms with van der Waals surface area (Å²) >= 11 is 0. The number of nitrogens with one attached hydrogen (secondary N) is 1. The van der Waals surface area contributed by atoms with Crippen LogP contribution in [-0.2, 0) is 6.54 Å². The molecule has 1 aromatic carbocycles. The van der Waals surface area contributed by atoms with E-state index in [9.17, 15) is 4.79 Å². The number of carbonyl (C=O) groups excluding carboxylic acids is 1. The number of nitrogen functional groups attached to an aromatic ring is 1. The lowest BCUT2D eigenvalue weighted by Crippen LogP contribution is -2.28. The van der Waals surface area contributed by atoms with Gasteiger partial charge in [-0.15, -0.1) is 0 Å². The van der Waals surface area contributed by atoms with Crippen LogP contribution in [0.15, 0.2) is 36.5 Å². The SMILES string of the molecule is CCn1cc(N)cc1C(=O)NC(C)c1ccc(OC)cc1. The van der Waals surface area contributed by atoms with Crippen LogP contribution < -0.4 is 15.8 Å². The van der Waals surface area contributed by atoms with Crippen LogP contribution in [0.4, 0.5) is 5.69 Å². The predicted molar refractivity (Wildman–Crippen MR) is 83.4 cm³/mol. The van der Waals surface area contributed by atoms with Gasteiger partial charge < -0.3 is 20.4 Å². The van der Waals surface area contributed by atoms with Crippen LogP contribution in [0.2, 0.25) is 0 Å². The quantitative estimate of drug-likeness (QED) is 0.888. The molecule has 5 nitrogen and oxygen atoms in total. The van der Waals surface area contributed by atoms with Crippen molar-refractivity contribution in [2.45, 2.75) is 26.4 Å². The molecule has 1 atom stereocenters. The number of hydrogen-bond acceptors (Lipinski definition) is 3. The fourth-order valence-electron chi connectivity index (χ4n) is 2.23. The van der Waals surface area contributed by atoms with E-state index in [2.05, 4.69) is 5.32 Å². The van der Waals surface area contributed by atoms with Gasteiger partial charge in [0.25, 0.3) is 5.91 Å². The zero-order valence-corrected chi connectivity index (χ0v) is 12.6. The number of ether oxygens (including phenoxy) is 1. The van der Waals surface area contributed by atoms with Gasteiger partial charge in [-0.1, -0.05) is 12.1 Å². The van der Waals surface area contributed by atoms with Gasteiger partial charge in [0.15, 0.2) is 0 Å². The largest absolute Gasteiger partial charge is 0.497 e. The number of benzene rings is 1. The third kappa shape index (κ3) is 3.37. The highest BCUT2D eigenvalue weighted by molar-refractivity contribution is 5.94. The van der Waals surface area contributed by atoms with Gasteiger partial charge >= 0.3 is 0 Å². The highest BCUT2D eigenvalue weighted by Gasteiger charge is 2.15. The van der Waals surface area contributed by atoms with Gasteiger partial charge in [0.1, 0.15) is 11.4 Å². The summed E-state index contributed by atoms with van der Waals surface area (Å²) in [5.41, 5.74) is 7.95. The van der Waals surface area contributed by atoms with E-state index in [1.165, 1.54) is 0 Å². The molecule has 0 saturated carbocycles. The van der Waals surface area contributed by atoms with Crippen LogP contribution in [0, 0.1) is 0 Å². The van der Waals surface area contributed by atoms with Crippen LogP contribution >= 0.6 is 0 Å². The van der Waals surface area contributed by atoms with Gasteiger partial charge in [0.05, 0.1) is 18.8 Å². The van der Waals surface area contributed by atoms with Crippen molar-refractivity contribution in [1.29, 1.82) is 0 Å². The van der Waals surface area contributed by atoms with Gasteiger partial charge in [0, 0.05) is 12.7 Å². The van der Waals surface area contributed by atoms with Crippen LogP contribution in [0.5, 0.6) is 5.75 Å². The summed E-state index contributed by atoms with van der Waals surface area (Å²) in [6, 6.07) is 9.24. The number of rotatable bonds is 5. The van der Waals surface area contributed by atoms with Crippen molar-refractivity contribution in [1.82, 2.24) is 9.88 Å². The second-order valence-electron chi connectivity index (χ2n) is 4.91. The van der Waals surface area contributed by atoms with Crippen LogP contribution in [-0.4, -0.2) is 17.6 Å². The summed E-state index contributed by atoms with van der Waals surface area (Å²) in [6.07, 6.45) is 1.77. The zero-order chi connectivity index (χ0) is 15.4. The fraction of sp³-hybridized carbons (Fsp3) is 0.312. The van der Waals surface area contributed by atoms with Crippen molar-refractivity contribution < 1.29 is 9.53 Å². The second-order valence-corrected chi connectivity index (χ2v) is 4.91. The van der Waals surface area contributed by atoms with E-state index < -0.39 is 0 Å². The molecule has 2 aromatic rings. The average molecular weight is 287 g/mol. The molecular weight excluding hydrogens is 266 g/mol. The van der Waals surface area contributed by atoms with Gasteiger partial charge in [0.2, 0.25) is 0 Å². The number of nitrogens with two attached hydrogens (primary N) is 1. The summed E-state index contributed by atoms with van der Waals surface area (Å²) in [4.78, 5) is 12.3. The molecule has 1 heterocycles. The molecule has 0 saturated heterocycles. The third-order valence-electron chi connectivity index (χ3n) is 3.45. The molecule has 2 rings (SSSR count). The van der Waals surface area contributed by atoms with E-state index in [1.54, 1.807) is 19.4 Å². The molecule has 1 unspecified atom stereocenters. The van der Waals surface area contributed by atoms with Gasteiger partial charge in [-0.05, 0) is 37.6 Å². The van der Waals surface area contributed by atoms with Crippen LogP contribution in [0.25, 0.3) is 0 Å². The second kappa shape index (κ2) is 6.35. The number of hydrogen-bond donors (Lipinski definition) is 2. The first kappa shape index (κ1) is 15.0. The van der Waals surface area contributed by atoms with Crippen molar-refractivity contribution in [2.75, 3.05) is 12.8 Å². The van der Waals surface area contributed by atoms with Crippen LogP contribution in [0.3, 0.4) is 0 Å². The molecule has 0 spiro atoms. The number of aromatic nitrogens is 1. The molecule has 0 aliphatic carbocycles. The highest BCUT2D eigenvalue weighted by atomic mass is 16.5. The Morgan fingerprint density at radius 1 is 1.38 bits per heavy atom. The van der Waals surface area contributed by atoms with E-state index >= 15 is 0 Å². The Bertz CT molecular complexity index is 617. The smallest absolute Gasteiger partial charge is 0.268 e. The number of nitrogens with zero attached hydrogens (tertiary/aromatic N) is 1. The maximum atomic E-state index is 12.3. The molecule has 0 fully saturated rings. The molecule has 5 heteroatoms. The summed E-state index contributed by atoms with van der Waals surface area (Å²) in [6.45, 7) is 4.63. The first-order valence-corrected chi connectivity index (χ1v) is 6.95. The van der Waals surface area contributed by atoms with Crippen molar-refractivity contribution in [3.8, 4) is 5.75 Å². The number of amides is 1.